The number of benzene rings is 1. The van der Waals surface area contributed by atoms with Crippen molar-refractivity contribution in [3.63, 3.8) is 0 Å². The van der Waals surface area contributed by atoms with Crippen LogP contribution in [-0.2, 0) is 4.74 Å². The molecule has 4 nitrogen and oxygen atoms in total. The Kier molecular flexibility index (Phi) is 3.85. The maximum atomic E-state index is 11.2. The van der Waals surface area contributed by atoms with Crippen LogP contribution < -0.4 is 4.74 Å². The van der Waals surface area contributed by atoms with Crippen LogP contribution in [0.5, 0.6) is 5.75 Å². The van der Waals surface area contributed by atoms with E-state index in [1.165, 1.54) is 7.11 Å². The summed E-state index contributed by atoms with van der Waals surface area (Å²) < 4.78 is 9.58. The normalized spacial score (nSPS) is 22.7. The molecular formula is C14H17NO3S. The molecule has 0 saturated carbocycles. The van der Waals surface area contributed by atoms with Crippen LogP contribution in [0.1, 0.15) is 20.8 Å². The molecule has 1 heterocycles. The maximum Gasteiger partial charge on any atom is 0.513 e. The molecule has 102 valence electrons. The first-order chi connectivity index (χ1) is 8.95. The van der Waals surface area contributed by atoms with Gasteiger partial charge in [0.15, 0.2) is 5.75 Å². The van der Waals surface area contributed by atoms with Gasteiger partial charge >= 0.3 is 6.16 Å². The van der Waals surface area contributed by atoms with Crippen molar-refractivity contribution in [3.05, 3.63) is 24.3 Å². The molecule has 0 radical (unpaired) electrons. The largest absolute Gasteiger partial charge is 0.513 e. The van der Waals surface area contributed by atoms with Gasteiger partial charge in [0.25, 0.3) is 0 Å². The lowest BCUT2D eigenvalue weighted by Gasteiger charge is -2.42. The molecule has 1 aromatic carbocycles. The molecule has 0 bridgehead atoms. The molecule has 1 fully saturated rings. The summed E-state index contributed by atoms with van der Waals surface area (Å²) in [5, 5.41) is 1.60. The zero-order valence-electron chi connectivity index (χ0n) is 11.5. The Morgan fingerprint density at radius 2 is 2.05 bits per heavy atom. The number of nitrogens with zero attached hydrogens (tertiary/aromatic N) is 1. The number of carbonyl (C=O) groups excluding carboxylic acids is 1. The van der Waals surface area contributed by atoms with Crippen molar-refractivity contribution < 1.29 is 14.3 Å². The van der Waals surface area contributed by atoms with Crippen molar-refractivity contribution in [1.29, 1.82) is 0 Å². The molecule has 1 atom stereocenters. The summed E-state index contributed by atoms with van der Waals surface area (Å²) in [4.78, 5) is 15.8. The second kappa shape index (κ2) is 5.25. The molecule has 1 aliphatic heterocycles. The lowest BCUT2D eigenvalue weighted by atomic mass is 9.89. The molecule has 0 aromatic heterocycles. The van der Waals surface area contributed by atoms with E-state index >= 15 is 0 Å². The Labute approximate surface area is 117 Å². The Balaban J connectivity index is 2.26. The van der Waals surface area contributed by atoms with Gasteiger partial charge in [-0.05, 0) is 12.1 Å². The van der Waals surface area contributed by atoms with E-state index < -0.39 is 6.16 Å². The van der Waals surface area contributed by atoms with Crippen molar-refractivity contribution in [1.82, 2.24) is 0 Å². The lowest BCUT2D eigenvalue weighted by Crippen LogP contribution is -2.42. The van der Waals surface area contributed by atoms with Gasteiger partial charge in [-0.1, -0.05) is 32.9 Å². The molecular weight excluding hydrogens is 262 g/mol. The zero-order chi connectivity index (χ0) is 14.0. The van der Waals surface area contributed by atoms with E-state index in [1.54, 1.807) is 23.9 Å². The fourth-order valence-electron chi connectivity index (χ4n) is 1.63. The predicted octanol–water partition coefficient (Wildman–Crippen LogP) is 4.02. The summed E-state index contributed by atoms with van der Waals surface area (Å²) in [7, 11) is 1.28. The fourth-order valence-corrected chi connectivity index (χ4v) is 2.82. The predicted molar refractivity (Wildman–Crippen MR) is 77.4 cm³/mol. The molecule has 1 unspecified atom stereocenters. The van der Waals surface area contributed by atoms with Crippen molar-refractivity contribution in [3.8, 4) is 5.75 Å². The molecule has 5 heteroatoms. The van der Waals surface area contributed by atoms with E-state index in [0.29, 0.717) is 16.7 Å². The van der Waals surface area contributed by atoms with Crippen LogP contribution >= 0.6 is 11.8 Å². The van der Waals surface area contributed by atoms with Crippen molar-refractivity contribution >= 4 is 28.6 Å². The number of methoxy groups -OCH3 is 1. The summed E-state index contributed by atoms with van der Waals surface area (Å²) >= 11 is 1.74. The van der Waals surface area contributed by atoms with Crippen LogP contribution in [0.15, 0.2) is 29.3 Å². The van der Waals surface area contributed by atoms with E-state index in [2.05, 4.69) is 30.5 Å². The number of para-hydroxylation sites is 2. The minimum atomic E-state index is -0.735. The Bertz CT molecular complexity index is 525. The van der Waals surface area contributed by atoms with E-state index in [4.69, 9.17) is 4.74 Å². The minimum absolute atomic E-state index is 0.0725. The van der Waals surface area contributed by atoms with Gasteiger partial charge in [0.05, 0.1) is 12.2 Å². The SMILES string of the molecule is COC(=O)Oc1ccccc1N=C1SC(C)C1(C)C. The Morgan fingerprint density at radius 3 is 2.63 bits per heavy atom. The summed E-state index contributed by atoms with van der Waals surface area (Å²) in [6.45, 7) is 6.51. The second-order valence-electron chi connectivity index (χ2n) is 4.92. The summed E-state index contributed by atoms with van der Waals surface area (Å²) in [5.74, 6) is 0.415. The quantitative estimate of drug-likeness (QED) is 0.606. The molecule has 1 saturated heterocycles. The average molecular weight is 279 g/mol. The fraction of sp³-hybridized carbons (Fsp3) is 0.429. The number of hydrogen-bond acceptors (Lipinski definition) is 5. The molecule has 0 amide bonds. The smallest absolute Gasteiger partial charge is 0.437 e. The van der Waals surface area contributed by atoms with Crippen molar-refractivity contribution in [2.45, 2.75) is 26.0 Å². The van der Waals surface area contributed by atoms with Gasteiger partial charge in [-0.2, -0.15) is 0 Å². The molecule has 0 spiro atoms. The molecule has 19 heavy (non-hydrogen) atoms. The van der Waals surface area contributed by atoms with Crippen molar-refractivity contribution in [2.24, 2.45) is 10.4 Å². The summed E-state index contributed by atoms with van der Waals surface area (Å²) in [5.41, 5.74) is 0.721. The van der Waals surface area contributed by atoms with Crippen LogP contribution in [0.3, 0.4) is 0 Å². The third-order valence-electron chi connectivity index (χ3n) is 3.30. The minimum Gasteiger partial charge on any atom is -0.437 e. The highest BCUT2D eigenvalue weighted by Crippen LogP contribution is 2.49. The van der Waals surface area contributed by atoms with Crippen LogP contribution in [0.25, 0.3) is 0 Å². The van der Waals surface area contributed by atoms with Crippen LogP contribution in [0.4, 0.5) is 10.5 Å². The Hall–Kier alpha value is -1.49. The number of ether oxygens (including phenoxy) is 2. The van der Waals surface area contributed by atoms with E-state index in [1.807, 2.05) is 12.1 Å². The van der Waals surface area contributed by atoms with Gasteiger partial charge < -0.3 is 9.47 Å². The number of aliphatic imine (C=N–C) groups is 1. The van der Waals surface area contributed by atoms with Gasteiger partial charge in [-0.25, -0.2) is 9.79 Å². The first-order valence-corrected chi connectivity index (χ1v) is 6.93. The van der Waals surface area contributed by atoms with Crippen LogP contribution in [0, 0.1) is 5.41 Å². The van der Waals surface area contributed by atoms with Gasteiger partial charge in [0.1, 0.15) is 5.69 Å². The summed E-state index contributed by atoms with van der Waals surface area (Å²) in [6.07, 6.45) is -0.735. The van der Waals surface area contributed by atoms with E-state index in [9.17, 15) is 4.79 Å². The van der Waals surface area contributed by atoms with Gasteiger partial charge in [0.2, 0.25) is 0 Å². The van der Waals surface area contributed by atoms with Crippen molar-refractivity contribution in [2.75, 3.05) is 7.11 Å². The van der Waals surface area contributed by atoms with E-state index in [-0.39, 0.29) is 5.41 Å². The maximum absolute atomic E-state index is 11.2. The number of carbonyl (C=O) groups is 1. The molecule has 2 rings (SSSR count). The standard InChI is InChI=1S/C14H17NO3S/c1-9-14(2,3)12(19-9)15-10-7-5-6-8-11(10)18-13(16)17-4/h5-9H,1-4H3. The number of rotatable bonds is 2. The monoisotopic (exact) mass is 279 g/mol. The molecule has 1 aliphatic rings. The highest BCUT2D eigenvalue weighted by Gasteiger charge is 2.43. The molecule has 1 aromatic rings. The lowest BCUT2D eigenvalue weighted by molar-refractivity contribution is 0.121. The first kappa shape index (κ1) is 13.9. The Morgan fingerprint density at radius 1 is 1.37 bits per heavy atom. The zero-order valence-corrected chi connectivity index (χ0v) is 12.3. The van der Waals surface area contributed by atoms with Crippen LogP contribution in [0.2, 0.25) is 0 Å². The highest BCUT2D eigenvalue weighted by atomic mass is 32.2. The molecule has 0 aliphatic carbocycles. The van der Waals surface area contributed by atoms with Gasteiger partial charge in [-0.3, -0.25) is 0 Å². The van der Waals surface area contributed by atoms with Gasteiger partial charge in [0, 0.05) is 10.7 Å². The molecule has 0 N–H and O–H groups in total. The first-order valence-electron chi connectivity index (χ1n) is 6.06. The second-order valence-corrected chi connectivity index (χ2v) is 6.25. The van der Waals surface area contributed by atoms with Gasteiger partial charge in [-0.15, -0.1) is 11.8 Å². The number of thioether (sulfide) groups is 1. The summed E-state index contributed by atoms with van der Waals surface area (Å²) in [6, 6.07) is 7.19. The third-order valence-corrected chi connectivity index (χ3v) is 5.09. The number of hydrogen-bond donors (Lipinski definition) is 0. The average Bonchev–Trinajstić information content (AvgIpc) is 2.40. The highest BCUT2D eigenvalue weighted by molar-refractivity contribution is 8.16. The topological polar surface area (TPSA) is 47.9 Å². The van der Waals surface area contributed by atoms with E-state index in [0.717, 1.165) is 5.04 Å². The van der Waals surface area contributed by atoms with Crippen LogP contribution in [-0.4, -0.2) is 23.6 Å². The third kappa shape index (κ3) is 2.76.